The first-order valence-electron chi connectivity index (χ1n) is 7.20. The summed E-state index contributed by atoms with van der Waals surface area (Å²) in [6.07, 6.45) is 2.72. The zero-order chi connectivity index (χ0) is 15.6. The molecular weight excluding hydrogens is 296 g/mol. The van der Waals surface area contributed by atoms with Crippen molar-refractivity contribution in [2.45, 2.75) is 30.1 Å². The van der Waals surface area contributed by atoms with Gasteiger partial charge in [0.15, 0.2) is 0 Å². The third-order valence-electron chi connectivity index (χ3n) is 3.92. The number of rotatable bonds is 3. The van der Waals surface area contributed by atoms with Crippen molar-refractivity contribution in [2.75, 3.05) is 4.72 Å². The molecule has 1 N–H and O–H groups in total. The van der Waals surface area contributed by atoms with Crippen molar-refractivity contribution in [3.05, 3.63) is 59.7 Å². The highest BCUT2D eigenvalue weighted by Crippen LogP contribution is 2.33. The van der Waals surface area contributed by atoms with Crippen LogP contribution in [0, 0.1) is 11.3 Å². The van der Waals surface area contributed by atoms with E-state index in [4.69, 9.17) is 0 Å². The van der Waals surface area contributed by atoms with Crippen LogP contribution >= 0.6 is 0 Å². The van der Waals surface area contributed by atoms with Gasteiger partial charge in [0.25, 0.3) is 10.0 Å². The number of anilines is 1. The maximum absolute atomic E-state index is 12.3. The van der Waals surface area contributed by atoms with Gasteiger partial charge in [0.1, 0.15) is 0 Å². The van der Waals surface area contributed by atoms with Crippen LogP contribution in [0.1, 0.15) is 29.9 Å². The van der Waals surface area contributed by atoms with E-state index >= 15 is 0 Å². The maximum Gasteiger partial charge on any atom is 0.261 e. The first-order valence-corrected chi connectivity index (χ1v) is 8.69. The van der Waals surface area contributed by atoms with E-state index in [2.05, 4.69) is 10.8 Å². The predicted molar refractivity (Wildman–Crippen MR) is 85.0 cm³/mol. The smallest absolute Gasteiger partial charge is 0.261 e. The molecule has 112 valence electrons. The second kappa shape index (κ2) is 5.82. The van der Waals surface area contributed by atoms with E-state index in [1.54, 1.807) is 36.4 Å². The SMILES string of the molecule is N#CC1CCCc2cc(NS(=O)(=O)c3ccccc3)ccc21. The second-order valence-corrected chi connectivity index (χ2v) is 7.09. The molecular formula is C17H16N2O2S. The molecule has 0 aliphatic heterocycles. The highest BCUT2D eigenvalue weighted by Gasteiger charge is 2.21. The Kier molecular flexibility index (Phi) is 3.86. The standard InChI is InChI=1S/C17H16N2O2S/c18-12-14-6-4-5-13-11-15(9-10-17(13)14)19-22(20,21)16-7-2-1-3-8-16/h1-3,7-11,14,19H,4-6H2. The Labute approximate surface area is 130 Å². The Balaban J connectivity index is 1.90. The van der Waals surface area contributed by atoms with E-state index in [0.717, 1.165) is 30.4 Å². The van der Waals surface area contributed by atoms with E-state index in [1.807, 2.05) is 12.1 Å². The lowest BCUT2D eigenvalue weighted by atomic mass is 9.83. The molecule has 0 heterocycles. The Bertz CT molecular complexity index is 823. The average molecular weight is 312 g/mol. The highest BCUT2D eigenvalue weighted by atomic mass is 32.2. The van der Waals surface area contributed by atoms with Crippen molar-refractivity contribution >= 4 is 15.7 Å². The molecule has 4 nitrogen and oxygen atoms in total. The van der Waals surface area contributed by atoms with Crippen molar-refractivity contribution in [3.8, 4) is 6.07 Å². The molecule has 0 radical (unpaired) electrons. The van der Waals surface area contributed by atoms with Crippen LogP contribution in [0.5, 0.6) is 0 Å². The van der Waals surface area contributed by atoms with Gasteiger partial charge in [-0.3, -0.25) is 4.72 Å². The zero-order valence-electron chi connectivity index (χ0n) is 12.0. The van der Waals surface area contributed by atoms with E-state index in [1.165, 1.54) is 0 Å². The normalized spacial score (nSPS) is 17.3. The summed E-state index contributed by atoms with van der Waals surface area (Å²) >= 11 is 0. The van der Waals surface area contributed by atoms with Gasteiger partial charge in [-0.2, -0.15) is 5.26 Å². The maximum atomic E-state index is 12.3. The highest BCUT2D eigenvalue weighted by molar-refractivity contribution is 7.92. The molecule has 22 heavy (non-hydrogen) atoms. The summed E-state index contributed by atoms with van der Waals surface area (Å²) in [5, 5.41) is 9.18. The number of nitriles is 1. The van der Waals surface area contributed by atoms with E-state index in [0.29, 0.717) is 5.69 Å². The Morgan fingerprint density at radius 1 is 1.14 bits per heavy atom. The molecule has 0 saturated carbocycles. The largest absolute Gasteiger partial charge is 0.280 e. The Hall–Kier alpha value is -2.32. The molecule has 1 unspecified atom stereocenters. The van der Waals surface area contributed by atoms with E-state index in [-0.39, 0.29) is 10.8 Å². The summed E-state index contributed by atoms with van der Waals surface area (Å²) in [6, 6.07) is 16.0. The number of benzene rings is 2. The molecule has 0 fully saturated rings. The number of fused-ring (bicyclic) bond motifs is 1. The Morgan fingerprint density at radius 2 is 1.91 bits per heavy atom. The minimum atomic E-state index is -3.57. The summed E-state index contributed by atoms with van der Waals surface area (Å²) in [6.45, 7) is 0. The number of hydrogen-bond acceptors (Lipinski definition) is 3. The molecule has 1 aliphatic rings. The molecule has 0 spiro atoms. The van der Waals surface area contributed by atoms with Gasteiger partial charge in [-0.05, 0) is 54.7 Å². The van der Waals surface area contributed by atoms with Crippen LogP contribution in [0.2, 0.25) is 0 Å². The molecule has 1 aliphatic carbocycles. The summed E-state index contributed by atoms with van der Waals surface area (Å²) in [4.78, 5) is 0.239. The van der Waals surface area contributed by atoms with Crippen LogP contribution in [0.25, 0.3) is 0 Å². The van der Waals surface area contributed by atoms with Crippen LogP contribution in [0.15, 0.2) is 53.4 Å². The zero-order valence-corrected chi connectivity index (χ0v) is 12.8. The third-order valence-corrected chi connectivity index (χ3v) is 5.32. The summed E-state index contributed by atoms with van der Waals surface area (Å²) in [5.41, 5.74) is 2.63. The number of nitrogens with zero attached hydrogens (tertiary/aromatic N) is 1. The van der Waals surface area contributed by atoms with Crippen molar-refractivity contribution in [2.24, 2.45) is 0 Å². The van der Waals surface area contributed by atoms with Crippen molar-refractivity contribution in [1.82, 2.24) is 0 Å². The van der Waals surface area contributed by atoms with Crippen molar-refractivity contribution in [1.29, 1.82) is 5.26 Å². The summed E-state index contributed by atoms with van der Waals surface area (Å²) in [7, 11) is -3.57. The van der Waals surface area contributed by atoms with E-state index < -0.39 is 10.0 Å². The molecule has 0 aromatic heterocycles. The van der Waals surface area contributed by atoms with Gasteiger partial charge in [0.05, 0.1) is 16.9 Å². The van der Waals surface area contributed by atoms with Crippen LogP contribution in [0.3, 0.4) is 0 Å². The molecule has 5 heteroatoms. The fourth-order valence-corrected chi connectivity index (χ4v) is 3.90. The first kappa shape index (κ1) is 14.6. The quantitative estimate of drug-likeness (QED) is 0.944. The molecule has 2 aromatic carbocycles. The summed E-state index contributed by atoms with van der Waals surface area (Å²) < 4.78 is 27.3. The molecule has 0 bridgehead atoms. The number of aryl methyl sites for hydroxylation is 1. The number of sulfonamides is 1. The average Bonchev–Trinajstić information content (AvgIpc) is 2.54. The van der Waals surface area contributed by atoms with Gasteiger partial charge < -0.3 is 0 Å². The number of hydrogen-bond donors (Lipinski definition) is 1. The monoisotopic (exact) mass is 312 g/mol. The second-order valence-electron chi connectivity index (χ2n) is 5.41. The number of nitrogens with one attached hydrogen (secondary N) is 1. The molecule has 1 atom stereocenters. The topological polar surface area (TPSA) is 70.0 Å². The lowest BCUT2D eigenvalue weighted by molar-refractivity contribution is 0.601. The van der Waals surface area contributed by atoms with Gasteiger partial charge in [0, 0.05) is 5.69 Å². The van der Waals surface area contributed by atoms with Crippen LogP contribution in [0.4, 0.5) is 5.69 Å². The fraction of sp³-hybridized carbons (Fsp3) is 0.235. The Morgan fingerprint density at radius 3 is 2.64 bits per heavy atom. The van der Waals surface area contributed by atoms with Crippen LogP contribution < -0.4 is 4.72 Å². The minimum Gasteiger partial charge on any atom is -0.280 e. The van der Waals surface area contributed by atoms with E-state index in [9.17, 15) is 13.7 Å². The molecule has 0 amide bonds. The first-order chi connectivity index (χ1) is 10.6. The van der Waals surface area contributed by atoms with Gasteiger partial charge in [0.2, 0.25) is 0 Å². The fourth-order valence-electron chi connectivity index (χ4n) is 2.83. The van der Waals surface area contributed by atoms with Gasteiger partial charge in [-0.15, -0.1) is 0 Å². The van der Waals surface area contributed by atoms with Crippen LogP contribution in [-0.2, 0) is 16.4 Å². The van der Waals surface area contributed by atoms with Gasteiger partial charge >= 0.3 is 0 Å². The third kappa shape index (κ3) is 2.83. The van der Waals surface area contributed by atoms with Crippen molar-refractivity contribution in [3.63, 3.8) is 0 Å². The molecule has 3 rings (SSSR count). The minimum absolute atomic E-state index is 0.0801. The lowest BCUT2D eigenvalue weighted by Gasteiger charge is -2.21. The summed E-state index contributed by atoms with van der Waals surface area (Å²) in [5.74, 6) is -0.0801. The lowest BCUT2D eigenvalue weighted by Crippen LogP contribution is -2.14. The van der Waals surface area contributed by atoms with Crippen molar-refractivity contribution < 1.29 is 8.42 Å². The van der Waals surface area contributed by atoms with Crippen LogP contribution in [-0.4, -0.2) is 8.42 Å². The molecule has 0 saturated heterocycles. The predicted octanol–water partition coefficient (Wildman–Crippen LogP) is 3.43. The molecule has 2 aromatic rings. The van der Waals surface area contributed by atoms with Gasteiger partial charge in [-0.1, -0.05) is 24.3 Å². The van der Waals surface area contributed by atoms with Gasteiger partial charge in [-0.25, -0.2) is 8.42 Å².